The molecule has 0 amide bonds. The van der Waals surface area contributed by atoms with E-state index in [1.165, 1.54) is 21.6 Å². The highest BCUT2D eigenvalue weighted by Crippen LogP contribution is 2.34. The van der Waals surface area contributed by atoms with Gasteiger partial charge in [-0.1, -0.05) is 6.92 Å². The lowest BCUT2D eigenvalue weighted by Crippen LogP contribution is -2.19. The fourth-order valence-corrected chi connectivity index (χ4v) is 5.23. The summed E-state index contributed by atoms with van der Waals surface area (Å²) in [6.45, 7) is 13.8. The van der Waals surface area contributed by atoms with Crippen molar-refractivity contribution in [2.75, 3.05) is 0 Å². The zero-order valence-corrected chi connectivity index (χ0v) is 23.1. The SMILES string of the molecule is CC(C)Oc1ccc([S+](c2ccc(OC(C)C)cc2)c2ccc(OC(C)C)cc2)cc1.CCC(=O)[O-]. The lowest BCUT2D eigenvalue weighted by Gasteiger charge is -2.13. The summed E-state index contributed by atoms with van der Waals surface area (Å²) in [5.41, 5.74) is 0. The van der Waals surface area contributed by atoms with Crippen LogP contribution in [0.15, 0.2) is 87.5 Å². The Kier molecular flexibility index (Phi) is 11.7. The molecule has 3 aromatic carbocycles. The second kappa shape index (κ2) is 14.4. The van der Waals surface area contributed by atoms with E-state index in [1.807, 2.05) is 41.5 Å². The number of carbonyl (C=O) groups is 1. The average molecular weight is 511 g/mol. The van der Waals surface area contributed by atoms with Crippen LogP contribution >= 0.6 is 0 Å². The molecule has 0 spiro atoms. The first-order valence-corrected chi connectivity index (χ1v) is 13.6. The predicted molar refractivity (Wildman–Crippen MR) is 144 cm³/mol. The van der Waals surface area contributed by atoms with Crippen LogP contribution in [0.5, 0.6) is 17.2 Å². The maximum atomic E-state index is 9.26. The third-order valence-corrected chi connectivity index (χ3v) is 6.81. The van der Waals surface area contributed by atoms with Crippen molar-refractivity contribution in [3.63, 3.8) is 0 Å². The van der Waals surface area contributed by atoms with Gasteiger partial charge < -0.3 is 24.1 Å². The minimum atomic E-state index is -0.995. The minimum Gasteiger partial charge on any atom is -0.550 e. The van der Waals surface area contributed by atoms with Crippen LogP contribution in [0.3, 0.4) is 0 Å². The zero-order valence-electron chi connectivity index (χ0n) is 22.3. The Morgan fingerprint density at radius 2 is 0.833 bits per heavy atom. The first-order chi connectivity index (χ1) is 17.1. The molecule has 0 heterocycles. The minimum absolute atomic E-state index is 0.111. The van der Waals surface area contributed by atoms with Crippen molar-refractivity contribution in [2.24, 2.45) is 0 Å². The number of aliphatic carboxylic acids is 1. The topological polar surface area (TPSA) is 67.8 Å². The van der Waals surface area contributed by atoms with Gasteiger partial charge in [0.1, 0.15) is 17.2 Å². The van der Waals surface area contributed by atoms with Gasteiger partial charge in [-0.05, 0) is 121 Å². The number of hydrogen-bond acceptors (Lipinski definition) is 5. The first kappa shape index (κ1) is 29.1. The molecule has 0 fully saturated rings. The highest BCUT2D eigenvalue weighted by atomic mass is 32.2. The third kappa shape index (κ3) is 9.86. The molecule has 3 aromatic rings. The Labute approximate surface area is 218 Å². The smallest absolute Gasteiger partial charge is 0.166 e. The molecule has 6 heteroatoms. The molecule has 0 atom stereocenters. The number of benzene rings is 3. The summed E-state index contributed by atoms with van der Waals surface area (Å²) in [5, 5.41) is 9.26. The van der Waals surface area contributed by atoms with Crippen molar-refractivity contribution in [3.8, 4) is 17.2 Å². The van der Waals surface area contributed by atoms with E-state index in [0.29, 0.717) is 0 Å². The van der Waals surface area contributed by atoms with Gasteiger partial charge in [0.05, 0.1) is 29.2 Å². The summed E-state index contributed by atoms with van der Waals surface area (Å²) in [5.74, 6) is 1.68. The molecular weight excluding hydrogens is 472 g/mol. The maximum absolute atomic E-state index is 9.26. The second-order valence-electron chi connectivity index (χ2n) is 8.95. The van der Waals surface area contributed by atoms with Crippen LogP contribution in [0.25, 0.3) is 0 Å². The summed E-state index contributed by atoms with van der Waals surface area (Å²) in [6, 6.07) is 25.3. The lowest BCUT2D eigenvalue weighted by molar-refractivity contribution is -0.305. The molecule has 0 aliphatic heterocycles. The van der Waals surface area contributed by atoms with Crippen molar-refractivity contribution in [2.45, 2.75) is 87.9 Å². The molecule has 0 aromatic heterocycles. The molecule has 0 bridgehead atoms. The fourth-order valence-electron chi connectivity index (χ4n) is 3.19. The van der Waals surface area contributed by atoms with E-state index in [9.17, 15) is 9.90 Å². The number of carboxylic acid groups (broad SMARTS) is 1. The highest BCUT2D eigenvalue weighted by Gasteiger charge is 2.29. The molecule has 0 unspecified atom stereocenters. The fraction of sp³-hybridized carbons (Fsp3) is 0.367. The number of ether oxygens (including phenoxy) is 3. The van der Waals surface area contributed by atoms with Crippen molar-refractivity contribution < 1.29 is 24.1 Å². The van der Waals surface area contributed by atoms with Crippen LogP contribution in [0.2, 0.25) is 0 Å². The van der Waals surface area contributed by atoms with E-state index in [4.69, 9.17) is 14.2 Å². The molecule has 36 heavy (non-hydrogen) atoms. The van der Waals surface area contributed by atoms with Crippen LogP contribution in [-0.2, 0) is 15.7 Å². The van der Waals surface area contributed by atoms with E-state index in [-0.39, 0.29) is 35.6 Å². The molecule has 0 saturated carbocycles. The Hall–Kier alpha value is -3.12. The highest BCUT2D eigenvalue weighted by molar-refractivity contribution is 7.97. The number of rotatable bonds is 10. The largest absolute Gasteiger partial charge is 0.550 e. The zero-order chi connectivity index (χ0) is 26.7. The Balaban J connectivity index is 0.000000830. The Bertz CT molecular complexity index is 915. The normalized spacial score (nSPS) is 10.9. The molecule has 0 N–H and O–H groups in total. The number of carbonyl (C=O) groups excluding carboxylic acids is 1. The maximum Gasteiger partial charge on any atom is 0.166 e. The van der Waals surface area contributed by atoms with Crippen molar-refractivity contribution in [3.05, 3.63) is 72.8 Å². The summed E-state index contributed by atoms with van der Waals surface area (Å²) < 4.78 is 17.5. The summed E-state index contributed by atoms with van der Waals surface area (Å²) in [4.78, 5) is 13.0. The summed E-state index contributed by atoms with van der Waals surface area (Å²) in [7, 11) is -0.244. The molecule has 0 saturated heterocycles. The van der Waals surface area contributed by atoms with Gasteiger partial charge in [0.2, 0.25) is 0 Å². The number of carboxylic acids is 1. The second-order valence-corrected chi connectivity index (χ2v) is 11.0. The van der Waals surface area contributed by atoms with Gasteiger partial charge in [-0.25, -0.2) is 0 Å². The molecule has 3 rings (SSSR count). The molecule has 5 nitrogen and oxygen atoms in total. The van der Waals surface area contributed by atoms with Crippen LogP contribution in [-0.4, -0.2) is 24.3 Å². The first-order valence-electron chi connectivity index (χ1n) is 12.3. The van der Waals surface area contributed by atoms with Crippen molar-refractivity contribution in [1.29, 1.82) is 0 Å². The van der Waals surface area contributed by atoms with E-state index in [0.717, 1.165) is 17.2 Å². The Morgan fingerprint density at radius 3 is 1.00 bits per heavy atom. The average Bonchev–Trinajstić information content (AvgIpc) is 2.82. The summed E-state index contributed by atoms with van der Waals surface area (Å²) in [6.07, 6.45) is 0.586. The third-order valence-electron chi connectivity index (χ3n) is 4.58. The van der Waals surface area contributed by atoms with Crippen molar-refractivity contribution in [1.82, 2.24) is 0 Å². The van der Waals surface area contributed by atoms with E-state index in [1.54, 1.807) is 0 Å². The standard InChI is InChI=1S/C27H33O3S.C3H6O2/c1-19(2)28-22-7-13-25(14-8-22)31(26-15-9-23(10-16-26)29-20(3)4)27-17-11-24(12-18-27)30-21(5)6;1-2-3(4)5/h7-21H,1-6H3;2H2,1H3,(H,4,5)/q+1;/p-1. The van der Waals surface area contributed by atoms with Crippen LogP contribution < -0.4 is 19.3 Å². The Morgan fingerprint density at radius 1 is 0.611 bits per heavy atom. The van der Waals surface area contributed by atoms with Gasteiger partial charge in [0.15, 0.2) is 14.7 Å². The monoisotopic (exact) mass is 510 g/mol. The summed E-state index contributed by atoms with van der Waals surface area (Å²) >= 11 is 0. The van der Waals surface area contributed by atoms with Gasteiger partial charge in [-0.2, -0.15) is 0 Å². The van der Waals surface area contributed by atoms with Gasteiger partial charge in [-0.3, -0.25) is 0 Å². The van der Waals surface area contributed by atoms with E-state index >= 15 is 0 Å². The molecular formula is C30H38O5S. The number of hydrogen-bond donors (Lipinski definition) is 0. The van der Waals surface area contributed by atoms with Crippen LogP contribution in [0, 0.1) is 0 Å². The van der Waals surface area contributed by atoms with Crippen LogP contribution in [0.4, 0.5) is 0 Å². The predicted octanol–water partition coefficient (Wildman–Crippen LogP) is 6.29. The molecule has 194 valence electrons. The lowest BCUT2D eigenvalue weighted by atomic mass is 10.3. The van der Waals surface area contributed by atoms with Gasteiger partial charge >= 0.3 is 0 Å². The molecule has 0 aliphatic rings. The molecule has 0 aliphatic carbocycles. The van der Waals surface area contributed by atoms with Gasteiger partial charge in [-0.15, -0.1) is 0 Å². The molecule has 0 radical (unpaired) electrons. The van der Waals surface area contributed by atoms with E-state index < -0.39 is 5.97 Å². The van der Waals surface area contributed by atoms with Gasteiger partial charge in [0.25, 0.3) is 0 Å². The quantitative estimate of drug-likeness (QED) is 0.300. The van der Waals surface area contributed by atoms with Gasteiger partial charge in [0, 0.05) is 5.97 Å². The van der Waals surface area contributed by atoms with E-state index in [2.05, 4.69) is 72.8 Å². The van der Waals surface area contributed by atoms with Crippen LogP contribution in [0.1, 0.15) is 54.9 Å². The van der Waals surface area contributed by atoms with Crippen molar-refractivity contribution >= 4 is 16.9 Å².